The molecule has 1 aliphatic rings. The van der Waals surface area contributed by atoms with Crippen LogP contribution in [-0.4, -0.2) is 24.0 Å². The van der Waals surface area contributed by atoms with E-state index in [2.05, 4.69) is 32.6 Å². The van der Waals surface area contributed by atoms with Crippen molar-refractivity contribution in [3.05, 3.63) is 0 Å². The van der Waals surface area contributed by atoms with Crippen LogP contribution in [0.2, 0.25) is 0 Å². The van der Waals surface area contributed by atoms with Crippen molar-refractivity contribution in [3.8, 4) is 0 Å². The molecule has 1 unspecified atom stereocenters. The first-order valence-corrected chi connectivity index (χ1v) is 7.33. The normalized spacial score (nSPS) is 23.2. The summed E-state index contributed by atoms with van der Waals surface area (Å²) in [6.07, 6.45) is 8.52. The summed E-state index contributed by atoms with van der Waals surface area (Å²) in [6.45, 7) is 12.1. The van der Waals surface area contributed by atoms with Crippen LogP contribution in [-0.2, 0) is 0 Å². The van der Waals surface area contributed by atoms with Gasteiger partial charge in [0.25, 0.3) is 0 Å². The van der Waals surface area contributed by atoms with E-state index in [1.165, 1.54) is 51.6 Å². The molecule has 0 bridgehead atoms. The van der Waals surface area contributed by atoms with Crippen molar-refractivity contribution >= 4 is 0 Å². The smallest absolute Gasteiger partial charge is 0.00976 e. The van der Waals surface area contributed by atoms with Crippen LogP contribution in [0.5, 0.6) is 0 Å². The van der Waals surface area contributed by atoms with Gasteiger partial charge >= 0.3 is 0 Å². The van der Waals surface area contributed by atoms with Crippen LogP contribution in [0.4, 0.5) is 0 Å². The molecule has 1 fully saturated rings. The lowest BCUT2D eigenvalue weighted by atomic mass is 9.93. The van der Waals surface area contributed by atoms with E-state index in [1.54, 1.807) is 0 Å². The molecule has 0 aliphatic carbocycles. The van der Waals surface area contributed by atoms with Gasteiger partial charge in [-0.15, -0.1) is 0 Å². The van der Waals surface area contributed by atoms with Crippen molar-refractivity contribution in [2.45, 2.75) is 72.3 Å². The molecule has 0 aromatic rings. The number of likely N-dealkylation sites (tertiary alicyclic amines) is 1. The fourth-order valence-electron chi connectivity index (χ4n) is 2.87. The maximum atomic E-state index is 2.77. The van der Waals surface area contributed by atoms with Crippen molar-refractivity contribution in [1.82, 2.24) is 4.90 Å². The Balaban J connectivity index is 2.29. The zero-order chi connectivity index (χ0) is 12.0. The number of hydrogen-bond donors (Lipinski definition) is 0. The minimum atomic E-state index is 0.857. The summed E-state index contributed by atoms with van der Waals surface area (Å²) < 4.78 is 0. The predicted octanol–water partition coefficient (Wildman–Crippen LogP) is 4.32. The van der Waals surface area contributed by atoms with Gasteiger partial charge in [0.2, 0.25) is 0 Å². The lowest BCUT2D eigenvalue weighted by Crippen LogP contribution is -2.40. The monoisotopic (exact) mass is 225 g/mol. The molecule has 0 aromatic heterocycles. The zero-order valence-electron chi connectivity index (χ0n) is 11.8. The Kier molecular flexibility index (Phi) is 6.41. The van der Waals surface area contributed by atoms with Crippen LogP contribution < -0.4 is 0 Å². The average Bonchev–Trinajstić information content (AvgIpc) is 2.19. The summed E-state index contributed by atoms with van der Waals surface area (Å²) >= 11 is 0. The van der Waals surface area contributed by atoms with Crippen molar-refractivity contribution in [2.24, 2.45) is 11.8 Å². The first-order chi connectivity index (χ1) is 7.59. The highest BCUT2D eigenvalue weighted by Crippen LogP contribution is 2.23. The van der Waals surface area contributed by atoms with E-state index in [4.69, 9.17) is 0 Å². The number of nitrogens with zero attached hydrogens (tertiary/aromatic N) is 1. The van der Waals surface area contributed by atoms with Gasteiger partial charge in [-0.2, -0.15) is 0 Å². The van der Waals surface area contributed by atoms with Gasteiger partial charge in [-0.25, -0.2) is 0 Å². The lowest BCUT2D eigenvalue weighted by Gasteiger charge is -2.37. The number of hydrogen-bond acceptors (Lipinski definition) is 1. The first-order valence-electron chi connectivity index (χ1n) is 7.33. The van der Waals surface area contributed by atoms with E-state index < -0.39 is 0 Å². The molecule has 0 spiro atoms. The van der Waals surface area contributed by atoms with Crippen LogP contribution in [0.15, 0.2) is 0 Å². The summed E-state index contributed by atoms with van der Waals surface area (Å²) in [5.74, 6) is 1.73. The van der Waals surface area contributed by atoms with Crippen molar-refractivity contribution < 1.29 is 0 Å². The Morgan fingerprint density at radius 3 is 2.44 bits per heavy atom. The van der Waals surface area contributed by atoms with Gasteiger partial charge in [-0.05, 0) is 57.0 Å². The Morgan fingerprint density at radius 2 is 1.81 bits per heavy atom. The highest BCUT2D eigenvalue weighted by molar-refractivity contribution is 4.77. The third kappa shape index (κ3) is 5.34. The minimum Gasteiger partial charge on any atom is -0.300 e. The molecule has 16 heavy (non-hydrogen) atoms. The van der Waals surface area contributed by atoms with Crippen LogP contribution in [0.25, 0.3) is 0 Å². The van der Waals surface area contributed by atoms with Crippen molar-refractivity contribution in [3.63, 3.8) is 0 Å². The molecule has 1 saturated heterocycles. The topological polar surface area (TPSA) is 3.24 Å². The summed E-state index contributed by atoms with van der Waals surface area (Å²) in [7, 11) is 0. The highest BCUT2D eigenvalue weighted by Gasteiger charge is 2.22. The molecule has 1 atom stereocenters. The van der Waals surface area contributed by atoms with Crippen LogP contribution >= 0.6 is 0 Å². The molecule has 0 aromatic carbocycles. The van der Waals surface area contributed by atoms with Gasteiger partial charge < -0.3 is 4.90 Å². The first kappa shape index (κ1) is 14.0. The van der Waals surface area contributed by atoms with Crippen LogP contribution in [0.1, 0.15) is 66.2 Å². The van der Waals surface area contributed by atoms with Crippen LogP contribution in [0, 0.1) is 11.8 Å². The fourth-order valence-corrected chi connectivity index (χ4v) is 2.87. The molecule has 1 heteroatoms. The van der Waals surface area contributed by atoms with Gasteiger partial charge in [0.1, 0.15) is 0 Å². The molecule has 0 radical (unpaired) electrons. The molecule has 1 aliphatic heterocycles. The molecule has 1 nitrogen and oxygen atoms in total. The van der Waals surface area contributed by atoms with Crippen molar-refractivity contribution in [2.75, 3.05) is 13.1 Å². The molecule has 0 amide bonds. The predicted molar refractivity (Wildman–Crippen MR) is 72.7 cm³/mol. The third-order valence-electron chi connectivity index (χ3n) is 3.72. The molecular weight excluding hydrogens is 194 g/mol. The van der Waals surface area contributed by atoms with E-state index in [0.29, 0.717) is 0 Å². The maximum Gasteiger partial charge on any atom is 0.00976 e. The largest absolute Gasteiger partial charge is 0.300 e. The lowest BCUT2D eigenvalue weighted by molar-refractivity contribution is 0.126. The standard InChI is InChI=1S/C15H31N/c1-13(2)8-7-11-16-10-6-5-9-15(16)12-14(3)4/h13-15H,5-12H2,1-4H3. The van der Waals surface area contributed by atoms with Gasteiger partial charge in [0, 0.05) is 6.04 Å². The average molecular weight is 225 g/mol. The second-order valence-electron chi connectivity index (χ2n) is 6.35. The third-order valence-corrected chi connectivity index (χ3v) is 3.72. The quantitative estimate of drug-likeness (QED) is 0.650. The van der Waals surface area contributed by atoms with Crippen molar-refractivity contribution in [1.29, 1.82) is 0 Å². The minimum absolute atomic E-state index is 0.857. The fraction of sp³-hybridized carbons (Fsp3) is 1.00. The van der Waals surface area contributed by atoms with Gasteiger partial charge in [-0.1, -0.05) is 34.1 Å². The molecule has 0 saturated carbocycles. The van der Waals surface area contributed by atoms with Gasteiger partial charge in [-0.3, -0.25) is 0 Å². The molecule has 1 heterocycles. The van der Waals surface area contributed by atoms with E-state index >= 15 is 0 Å². The second kappa shape index (κ2) is 7.32. The zero-order valence-corrected chi connectivity index (χ0v) is 11.8. The highest BCUT2D eigenvalue weighted by atomic mass is 15.2. The van der Waals surface area contributed by atoms with Gasteiger partial charge in [0.05, 0.1) is 0 Å². The van der Waals surface area contributed by atoms with E-state index in [0.717, 1.165) is 17.9 Å². The molecule has 0 N–H and O–H groups in total. The van der Waals surface area contributed by atoms with E-state index in [1.807, 2.05) is 0 Å². The van der Waals surface area contributed by atoms with Gasteiger partial charge in [0.15, 0.2) is 0 Å². The summed E-state index contributed by atoms with van der Waals surface area (Å²) in [5, 5.41) is 0. The molecule has 1 rings (SSSR count). The Hall–Kier alpha value is -0.0400. The summed E-state index contributed by atoms with van der Waals surface area (Å²) in [4.78, 5) is 2.77. The maximum absolute atomic E-state index is 2.77. The number of piperidine rings is 1. The Labute approximate surface area is 103 Å². The van der Waals surface area contributed by atoms with Crippen LogP contribution in [0.3, 0.4) is 0 Å². The summed E-state index contributed by atoms with van der Waals surface area (Å²) in [6, 6.07) is 0.890. The van der Waals surface area contributed by atoms with E-state index in [-0.39, 0.29) is 0 Å². The Bertz CT molecular complexity index is 174. The summed E-state index contributed by atoms with van der Waals surface area (Å²) in [5.41, 5.74) is 0. The molecular formula is C15H31N. The molecule has 96 valence electrons. The Morgan fingerprint density at radius 1 is 1.06 bits per heavy atom. The van der Waals surface area contributed by atoms with E-state index in [9.17, 15) is 0 Å². The second-order valence-corrected chi connectivity index (χ2v) is 6.35. The number of rotatable bonds is 6. The SMILES string of the molecule is CC(C)CCCN1CCCCC1CC(C)C.